The van der Waals surface area contributed by atoms with Gasteiger partial charge in [0.15, 0.2) is 0 Å². The number of hydrogen-bond donors (Lipinski definition) is 1. The molecule has 0 heterocycles. The maximum Gasteiger partial charge on any atom is 0.306 e. The Balaban J connectivity index is 2.64. The minimum atomic E-state index is -0.609. The fourth-order valence-electron chi connectivity index (χ4n) is 3.19. The summed E-state index contributed by atoms with van der Waals surface area (Å²) in [6.07, 6.45) is 4.87. The number of methoxy groups -OCH3 is 1. The highest BCUT2D eigenvalue weighted by atomic mass is 16.5. The molecule has 1 aliphatic rings. The van der Waals surface area contributed by atoms with Crippen LogP contribution in [0.15, 0.2) is 0 Å². The van der Waals surface area contributed by atoms with Gasteiger partial charge < -0.3 is 9.84 Å². The van der Waals surface area contributed by atoms with Gasteiger partial charge in [-0.2, -0.15) is 0 Å². The molecule has 0 aromatic carbocycles. The molecule has 3 nitrogen and oxygen atoms in total. The summed E-state index contributed by atoms with van der Waals surface area (Å²) in [7, 11) is 1.73. The van der Waals surface area contributed by atoms with Crippen molar-refractivity contribution in [2.45, 2.75) is 65.4 Å². The molecule has 3 unspecified atom stereocenters. The molecule has 1 aliphatic carbocycles. The van der Waals surface area contributed by atoms with E-state index in [2.05, 4.69) is 27.7 Å². The van der Waals surface area contributed by atoms with Crippen LogP contribution >= 0.6 is 0 Å². The van der Waals surface area contributed by atoms with E-state index in [4.69, 9.17) is 4.74 Å². The quantitative estimate of drug-likeness (QED) is 0.794. The van der Waals surface area contributed by atoms with Gasteiger partial charge in [-0.15, -0.1) is 0 Å². The number of carboxylic acids is 1. The smallest absolute Gasteiger partial charge is 0.306 e. The van der Waals surface area contributed by atoms with Gasteiger partial charge in [-0.3, -0.25) is 4.79 Å². The van der Waals surface area contributed by atoms with Gasteiger partial charge in [0, 0.05) is 7.11 Å². The predicted molar refractivity (Wildman–Crippen MR) is 77.1 cm³/mol. The summed E-state index contributed by atoms with van der Waals surface area (Å²) in [6, 6.07) is 0. The SMILES string of the molecule is COC(C)(C)CCC1CC(C(C)C)CCC1C(=O)O. The molecular formula is C16H30O3. The van der Waals surface area contributed by atoms with Gasteiger partial charge in [0.2, 0.25) is 0 Å². The molecule has 3 atom stereocenters. The fraction of sp³-hybridized carbons (Fsp3) is 0.938. The third-order valence-electron chi connectivity index (χ3n) is 4.95. The number of hydrogen-bond acceptors (Lipinski definition) is 2. The standard InChI is InChI=1S/C16H30O3/c1-11(2)12-6-7-14(15(17)18)13(10-12)8-9-16(3,4)19-5/h11-14H,6-10H2,1-5H3,(H,17,18). The van der Waals surface area contributed by atoms with Crippen LogP contribution in [0.2, 0.25) is 0 Å². The van der Waals surface area contributed by atoms with Gasteiger partial charge in [0.25, 0.3) is 0 Å². The minimum Gasteiger partial charge on any atom is -0.481 e. The van der Waals surface area contributed by atoms with Crippen molar-refractivity contribution in [3.63, 3.8) is 0 Å². The third-order valence-corrected chi connectivity index (χ3v) is 4.95. The Hall–Kier alpha value is -0.570. The fourth-order valence-corrected chi connectivity index (χ4v) is 3.19. The van der Waals surface area contributed by atoms with Crippen LogP contribution in [0.1, 0.15) is 59.8 Å². The van der Waals surface area contributed by atoms with Crippen molar-refractivity contribution in [2.24, 2.45) is 23.7 Å². The van der Waals surface area contributed by atoms with E-state index in [0.717, 1.165) is 32.1 Å². The monoisotopic (exact) mass is 270 g/mol. The summed E-state index contributed by atoms with van der Waals surface area (Å²) >= 11 is 0. The van der Waals surface area contributed by atoms with Crippen molar-refractivity contribution in [3.8, 4) is 0 Å². The van der Waals surface area contributed by atoms with Crippen LogP contribution in [0.25, 0.3) is 0 Å². The summed E-state index contributed by atoms with van der Waals surface area (Å²) in [5, 5.41) is 9.39. The van der Waals surface area contributed by atoms with E-state index in [1.54, 1.807) is 7.11 Å². The van der Waals surface area contributed by atoms with Crippen molar-refractivity contribution in [3.05, 3.63) is 0 Å². The van der Waals surface area contributed by atoms with Crippen LogP contribution in [0.4, 0.5) is 0 Å². The van der Waals surface area contributed by atoms with Crippen LogP contribution in [0.5, 0.6) is 0 Å². The lowest BCUT2D eigenvalue weighted by atomic mass is 9.68. The summed E-state index contributed by atoms with van der Waals surface area (Å²) in [5.41, 5.74) is -0.145. The number of aliphatic carboxylic acids is 1. The van der Waals surface area contributed by atoms with Crippen LogP contribution in [0.3, 0.4) is 0 Å². The predicted octanol–water partition coefficient (Wildman–Crippen LogP) is 3.96. The van der Waals surface area contributed by atoms with Gasteiger partial charge >= 0.3 is 5.97 Å². The maximum absolute atomic E-state index is 11.4. The highest BCUT2D eigenvalue weighted by molar-refractivity contribution is 5.70. The summed E-state index contributed by atoms with van der Waals surface area (Å²) in [4.78, 5) is 11.4. The second-order valence-electron chi connectivity index (χ2n) is 7.02. The molecule has 0 bridgehead atoms. The second kappa shape index (κ2) is 6.74. The Kier molecular flexibility index (Phi) is 5.84. The first-order chi connectivity index (χ1) is 8.76. The Bertz CT molecular complexity index is 296. The molecule has 0 aromatic heterocycles. The highest BCUT2D eigenvalue weighted by Gasteiger charge is 2.36. The average Bonchev–Trinajstić information content (AvgIpc) is 2.35. The molecule has 1 saturated carbocycles. The normalized spacial score (nSPS) is 28.6. The van der Waals surface area contributed by atoms with Crippen LogP contribution in [-0.4, -0.2) is 23.8 Å². The van der Waals surface area contributed by atoms with Crippen LogP contribution < -0.4 is 0 Å². The molecular weight excluding hydrogens is 240 g/mol. The Morgan fingerprint density at radius 3 is 2.47 bits per heavy atom. The number of rotatable bonds is 6. The lowest BCUT2D eigenvalue weighted by Crippen LogP contribution is -2.34. The molecule has 0 aliphatic heterocycles. The van der Waals surface area contributed by atoms with Crippen molar-refractivity contribution in [1.82, 2.24) is 0 Å². The molecule has 1 fully saturated rings. The zero-order valence-corrected chi connectivity index (χ0v) is 13.1. The Morgan fingerprint density at radius 2 is 2.00 bits per heavy atom. The highest BCUT2D eigenvalue weighted by Crippen LogP contribution is 2.40. The molecule has 0 aromatic rings. The molecule has 1 N–H and O–H groups in total. The van der Waals surface area contributed by atoms with E-state index in [1.807, 2.05) is 0 Å². The maximum atomic E-state index is 11.4. The van der Waals surface area contributed by atoms with E-state index in [-0.39, 0.29) is 11.5 Å². The largest absolute Gasteiger partial charge is 0.481 e. The molecule has 0 radical (unpaired) electrons. The number of ether oxygens (including phenoxy) is 1. The van der Waals surface area contributed by atoms with Gasteiger partial charge in [-0.05, 0) is 63.7 Å². The lowest BCUT2D eigenvalue weighted by Gasteiger charge is -2.37. The molecule has 19 heavy (non-hydrogen) atoms. The van der Waals surface area contributed by atoms with E-state index in [0.29, 0.717) is 17.8 Å². The average molecular weight is 270 g/mol. The first-order valence-corrected chi connectivity index (χ1v) is 7.54. The third kappa shape index (κ3) is 4.79. The zero-order valence-electron chi connectivity index (χ0n) is 13.1. The number of carboxylic acid groups (broad SMARTS) is 1. The molecule has 112 valence electrons. The topological polar surface area (TPSA) is 46.5 Å². The van der Waals surface area contributed by atoms with E-state index in [1.165, 1.54) is 0 Å². The van der Waals surface area contributed by atoms with Gasteiger partial charge in [-0.25, -0.2) is 0 Å². The lowest BCUT2D eigenvalue weighted by molar-refractivity contribution is -0.146. The van der Waals surface area contributed by atoms with E-state index in [9.17, 15) is 9.90 Å². The summed E-state index contributed by atoms with van der Waals surface area (Å²) in [6.45, 7) is 8.65. The van der Waals surface area contributed by atoms with E-state index < -0.39 is 5.97 Å². The van der Waals surface area contributed by atoms with Crippen molar-refractivity contribution in [2.75, 3.05) is 7.11 Å². The zero-order chi connectivity index (χ0) is 14.6. The van der Waals surface area contributed by atoms with Gasteiger partial charge in [0.1, 0.15) is 0 Å². The van der Waals surface area contributed by atoms with Gasteiger partial charge in [0.05, 0.1) is 11.5 Å². The molecule has 0 saturated heterocycles. The molecule has 3 heteroatoms. The first-order valence-electron chi connectivity index (χ1n) is 7.54. The summed E-state index contributed by atoms with van der Waals surface area (Å²) in [5.74, 6) is 0.900. The molecule has 1 rings (SSSR count). The Labute approximate surface area is 117 Å². The van der Waals surface area contributed by atoms with Crippen molar-refractivity contribution < 1.29 is 14.6 Å². The second-order valence-corrected chi connectivity index (χ2v) is 7.02. The van der Waals surface area contributed by atoms with E-state index >= 15 is 0 Å². The van der Waals surface area contributed by atoms with Crippen molar-refractivity contribution in [1.29, 1.82) is 0 Å². The minimum absolute atomic E-state index is 0.145. The van der Waals surface area contributed by atoms with Crippen LogP contribution in [-0.2, 0) is 9.53 Å². The summed E-state index contributed by atoms with van der Waals surface area (Å²) < 4.78 is 5.45. The first kappa shape index (κ1) is 16.5. The van der Waals surface area contributed by atoms with Crippen LogP contribution in [0, 0.1) is 23.7 Å². The molecule has 0 spiro atoms. The molecule has 0 amide bonds. The Morgan fingerprint density at radius 1 is 1.37 bits per heavy atom. The van der Waals surface area contributed by atoms with Crippen molar-refractivity contribution >= 4 is 5.97 Å². The number of carbonyl (C=O) groups is 1. The van der Waals surface area contributed by atoms with Gasteiger partial charge in [-0.1, -0.05) is 13.8 Å².